The zero-order valence-electron chi connectivity index (χ0n) is 16.7. The van der Waals surface area contributed by atoms with Gasteiger partial charge in [0.2, 0.25) is 5.91 Å². The Balaban J connectivity index is 1.60. The van der Waals surface area contributed by atoms with Crippen molar-refractivity contribution >= 4 is 44.4 Å². The number of thioether (sulfide) groups is 1. The number of nitrogens with zero attached hydrogens (tertiary/aromatic N) is 3. The SMILES string of the molecule is Cc1ccc(SCCCC(=O)N(CCN(C)C)c2nc3ccccc3s2)cc1. The molecule has 0 bridgehead atoms. The summed E-state index contributed by atoms with van der Waals surface area (Å²) in [6, 6.07) is 16.6. The molecule has 0 fully saturated rings. The van der Waals surface area contributed by atoms with Gasteiger partial charge in [-0.1, -0.05) is 41.2 Å². The van der Waals surface area contributed by atoms with E-state index in [0.717, 1.165) is 34.1 Å². The molecule has 1 aromatic heterocycles. The van der Waals surface area contributed by atoms with Crippen LogP contribution in [-0.4, -0.2) is 48.7 Å². The number of benzene rings is 2. The summed E-state index contributed by atoms with van der Waals surface area (Å²) in [5.74, 6) is 1.10. The summed E-state index contributed by atoms with van der Waals surface area (Å²) in [7, 11) is 4.05. The lowest BCUT2D eigenvalue weighted by molar-refractivity contribution is -0.118. The first-order chi connectivity index (χ1) is 13.5. The minimum Gasteiger partial charge on any atom is -0.308 e. The van der Waals surface area contributed by atoms with Crippen LogP contribution in [0.5, 0.6) is 0 Å². The number of hydrogen-bond donors (Lipinski definition) is 0. The van der Waals surface area contributed by atoms with Crippen molar-refractivity contribution in [2.75, 3.05) is 37.8 Å². The standard InChI is InChI=1S/C22H27N3OS2/c1-17-10-12-18(13-11-17)27-16-6-9-21(26)25(15-14-24(2)3)22-23-19-7-4-5-8-20(19)28-22/h4-5,7-8,10-13H,6,9,14-16H2,1-3H3. The van der Waals surface area contributed by atoms with E-state index in [0.29, 0.717) is 13.0 Å². The Labute approximate surface area is 175 Å². The van der Waals surface area contributed by atoms with Crippen LogP contribution in [0.4, 0.5) is 5.13 Å². The fourth-order valence-corrected chi connectivity index (χ4v) is 4.65. The van der Waals surface area contributed by atoms with E-state index in [4.69, 9.17) is 4.98 Å². The van der Waals surface area contributed by atoms with Crippen LogP contribution in [0.1, 0.15) is 18.4 Å². The average Bonchev–Trinajstić information content (AvgIpc) is 3.10. The second-order valence-corrected chi connectivity index (χ2v) is 9.26. The fraction of sp³-hybridized carbons (Fsp3) is 0.364. The van der Waals surface area contributed by atoms with E-state index < -0.39 is 0 Å². The van der Waals surface area contributed by atoms with Gasteiger partial charge in [-0.15, -0.1) is 11.8 Å². The summed E-state index contributed by atoms with van der Waals surface area (Å²) in [4.78, 5) is 22.9. The third-order valence-corrected chi connectivity index (χ3v) is 6.57. The Hall–Kier alpha value is -1.89. The van der Waals surface area contributed by atoms with Gasteiger partial charge in [-0.25, -0.2) is 4.98 Å². The number of aryl methyl sites for hydroxylation is 1. The van der Waals surface area contributed by atoms with Crippen LogP contribution in [0.15, 0.2) is 53.4 Å². The van der Waals surface area contributed by atoms with Crippen LogP contribution in [0, 0.1) is 6.92 Å². The maximum atomic E-state index is 13.0. The first-order valence-electron chi connectivity index (χ1n) is 9.53. The van der Waals surface area contributed by atoms with Gasteiger partial charge in [-0.2, -0.15) is 0 Å². The third kappa shape index (κ3) is 5.80. The zero-order chi connectivity index (χ0) is 19.9. The summed E-state index contributed by atoms with van der Waals surface area (Å²) < 4.78 is 1.12. The van der Waals surface area contributed by atoms with Crippen LogP contribution in [0.2, 0.25) is 0 Å². The van der Waals surface area contributed by atoms with E-state index in [1.54, 1.807) is 11.3 Å². The number of thiazole rings is 1. The van der Waals surface area contributed by atoms with Crippen LogP contribution >= 0.6 is 23.1 Å². The lowest BCUT2D eigenvalue weighted by atomic mass is 10.2. The van der Waals surface area contributed by atoms with Crippen LogP contribution < -0.4 is 4.90 Å². The number of amides is 1. The minimum atomic E-state index is 0.158. The first kappa shape index (κ1) is 20.8. The Morgan fingerprint density at radius 2 is 1.82 bits per heavy atom. The molecule has 0 unspecified atom stereocenters. The van der Waals surface area contributed by atoms with Gasteiger partial charge in [-0.3, -0.25) is 9.69 Å². The Morgan fingerprint density at radius 3 is 2.54 bits per heavy atom. The molecule has 148 valence electrons. The van der Waals surface area contributed by atoms with Gasteiger partial charge >= 0.3 is 0 Å². The molecule has 0 aliphatic rings. The number of rotatable bonds is 9. The van der Waals surface area contributed by atoms with Crippen molar-refractivity contribution in [2.24, 2.45) is 0 Å². The quantitative estimate of drug-likeness (QED) is 0.362. The van der Waals surface area contributed by atoms with Crippen molar-refractivity contribution in [1.82, 2.24) is 9.88 Å². The molecule has 0 saturated heterocycles. The number of fused-ring (bicyclic) bond motifs is 1. The molecular weight excluding hydrogens is 386 g/mol. The molecule has 0 saturated carbocycles. The lowest BCUT2D eigenvalue weighted by Gasteiger charge is -2.22. The molecule has 0 aliphatic heterocycles. The molecule has 0 aliphatic carbocycles. The predicted octanol–water partition coefficient (Wildman–Crippen LogP) is 5.07. The average molecular weight is 414 g/mol. The van der Waals surface area contributed by atoms with Crippen LogP contribution in [-0.2, 0) is 4.79 Å². The molecule has 4 nitrogen and oxygen atoms in total. The molecule has 0 spiro atoms. The highest BCUT2D eigenvalue weighted by atomic mass is 32.2. The Morgan fingerprint density at radius 1 is 1.07 bits per heavy atom. The second kappa shape index (κ2) is 10.0. The van der Waals surface area contributed by atoms with Gasteiger partial charge in [0.15, 0.2) is 5.13 Å². The minimum absolute atomic E-state index is 0.158. The monoisotopic (exact) mass is 413 g/mol. The topological polar surface area (TPSA) is 36.4 Å². The molecule has 6 heteroatoms. The van der Waals surface area contributed by atoms with E-state index in [1.165, 1.54) is 10.5 Å². The highest BCUT2D eigenvalue weighted by Gasteiger charge is 2.19. The smallest absolute Gasteiger partial charge is 0.228 e. The number of aromatic nitrogens is 1. The maximum Gasteiger partial charge on any atom is 0.228 e. The number of carbonyl (C=O) groups is 1. The van der Waals surface area contributed by atoms with Crippen LogP contribution in [0.3, 0.4) is 0 Å². The normalized spacial score (nSPS) is 11.3. The van der Waals surface area contributed by atoms with Crippen molar-refractivity contribution in [2.45, 2.75) is 24.7 Å². The van der Waals surface area contributed by atoms with Gasteiger partial charge in [0, 0.05) is 24.4 Å². The van der Waals surface area contributed by atoms with Crippen molar-refractivity contribution in [3.8, 4) is 0 Å². The number of likely N-dealkylation sites (N-methyl/N-ethyl adjacent to an activating group) is 1. The summed E-state index contributed by atoms with van der Waals surface area (Å²) >= 11 is 3.40. The lowest BCUT2D eigenvalue weighted by Crippen LogP contribution is -2.36. The number of para-hydroxylation sites is 1. The Bertz CT molecular complexity index is 873. The number of hydrogen-bond acceptors (Lipinski definition) is 5. The van der Waals surface area contributed by atoms with E-state index in [1.807, 2.05) is 49.0 Å². The van der Waals surface area contributed by atoms with Gasteiger partial charge in [0.25, 0.3) is 0 Å². The number of carbonyl (C=O) groups excluding carboxylic acids is 1. The first-order valence-corrected chi connectivity index (χ1v) is 11.3. The van der Waals surface area contributed by atoms with Gasteiger partial charge in [0.05, 0.1) is 10.2 Å². The molecule has 0 radical (unpaired) electrons. The molecule has 3 rings (SSSR count). The van der Waals surface area contributed by atoms with Gasteiger partial charge < -0.3 is 4.90 Å². The largest absolute Gasteiger partial charge is 0.308 e. The summed E-state index contributed by atoms with van der Waals surface area (Å²) in [6.07, 6.45) is 1.41. The molecule has 28 heavy (non-hydrogen) atoms. The third-order valence-electron chi connectivity index (χ3n) is 4.41. The van der Waals surface area contributed by atoms with Crippen molar-refractivity contribution in [1.29, 1.82) is 0 Å². The van der Waals surface area contributed by atoms with E-state index >= 15 is 0 Å². The van der Waals surface area contributed by atoms with E-state index in [-0.39, 0.29) is 5.91 Å². The summed E-state index contributed by atoms with van der Waals surface area (Å²) in [5.41, 5.74) is 2.23. The molecule has 0 N–H and O–H groups in total. The van der Waals surface area contributed by atoms with E-state index in [2.05, 4.69) is 42.2 Å². The predicted molar refractivity (Wildman–Crippen MR) is 122 cm³/mol. The van der Waals surface area contributed by atoms with Crippen molar-refractivity contribution in [3.05, 3.63) is 54.1 Å². The van der Waals surface area contributed by atoms with Gasteiger partial charge in [0.1, 0.15) is 0 Å². The van der Waals surface area contributed by atoms with Crippen molar-refractivity contribution < 1.29 is 4.79 Å². The fourth-order valence-electron chi connectivity index (χ4n) is 2.79. The van der Waals surface area contributed by atoms with Gasteiger partial charge in [-0.05, 0) is 57.5 Å². The zero-order valence-corrected chi connectivity index (χ0v) is 18.4. The molecule has 1 heterocycles. The molecule has 2 aromatic carbocycles. The maximum absolute atomic E-state index is 13.0. The molecule has 3 aromatic rings. The highest BCUT2D eigenvalue weighted by Crippen LogP contribution is 2.29. The number of anilines is 1. The molecule has 0 atom stereocenters. The van der Waals surface area contributed by atoms with E-state index in [9.17, 15) is 4.79 Å². The highest BCUT2D eigenvalue weighted by molar-refractivity contribution is 7.99. The van der Waals surface area contributed by atoms with Crippen molar-refractivity contribution in [3.63, 3.8) is 0 Å². The molecule has 1 amide bonds. The second-order valence-electron chi connectivity index (χ2n) is 7.08. The molecular formula is C22H27N3OS2. The van der Waals surface area contributed by atoms with Crippen LogP contribution in [0.25, 0.3) is 10.2 Å². The Kier molecular flexibility index (Phi) is 7.48. The summed E-state index contributed by atoms with van der Waals surface area (Å²) in [6.45, 7) is 3.58. The summed E-state index contributed by atoms with van der Waals surface area (Å²) in [5, 5.41) is 0.805.